The van der Waals surface area contributed by atoms with Gasteiger partial charge in [0.25, 0.3) is 0 Å². The van der Waals surface area contributed by atoms with Crippen molar-refractivity contribution in [2.75, 3.05) is 4.90 Å². The number of furan rings is 1. The Hall–Kier alpha value is -6.45. The maximum atomic E-state index is 6.51. The summed E-state index contributed by atoms with van der Waals surface area (Å²) in [6, 6.07) is 56.3. The van der Waals surface area contributed by atoms with E-state index in [1.165, 1.54) is 55.3 Å². The minimum atomic E-state index is 0.814. The van der Waals surface area contributed by atoms with Crippen LogP contribution in [-0.4, -0.2) is 4.98 Å². The molecular weight excluding hydrogens is 585 g/mol. The van der Waals surface area contributed by atoms with Crippen LogP contribution in [0.25, 0.3) is 77.2 Å². The second kappa shape index (κ2) is 10.5. The number of hydrogen-bond acceptors (Lipinski definition) is 3. The molecule has 48 heavy (non-hydrogen) atoms. The standard InChI is InChI=1S/C45H28N2O/c1-2-9-29(10-3-1)30-17-21-34(22-18-30)47(42-28-46-27-41-38-14-6-7-16-43(38)48-45(41)42)35-23-19-31(20-24-35)33-25-32-11-8-15-39-36-12-4-5-13-37(36)40(26-33)44(32)39/h1-28H. The quantitative estimate of drug-likeness (QED) is 0.194. The zero-order valence-corrected chi connectivity index (χ0v) is 26.0. The van der Waals surface area contributed by atoms with E-state index < -0.39 is 0 Å². The van der Waals surface area contributed by atoms with Crippen LogP contribution in [0.15, 0.2) is 175 Å². The van der Waals surface area contributed by atoms with Crippen molar-refractivity contribution >= 4 is 49.8 Å². The highest BCUT2D eigenvalue weighted by Crippen LogP contribution is 2.49. The van der Waals surface area contributed by atoms with Gasteiger partial charge in [-0.1, -0.05) is 115 Å². The van der Waals surface area contributed by atoms with Crippen LogP contribution < -0.4 is 4.90 Å². The molecular formula is C45H28N2O. The summed E-state index contributed by atoms with van der Waals surface area (Å²) in [6.07, 6.45) is 3.81. The normalized spacial score (nSPS) is 11.8. The van der Waals surface area contributed by atoms with Gasteiger partial charge < -0.3 is 9.32 Å². The van der Waals surface area contributed by atoms with Gasteiger partial charge in [-0.3, -0.25) is 4.98 Å². The number of anilines is 3. The maximum Gasteiger partial charge on any atom is 0.162 e. The zero-order valence-electron chi connectivity index (χ0n) is 26.0. The summed E-state index contributed by atoms with van der Waals surface area (Å²) in [5.74, 6) is 0. The van der Waals surface area contributed by atoms with Crippen LogP contribution in [0.5, 0.6) is 0 Å². The zero-order chi connectivity index (χ0) is 31.6. The van der Waals surface area contributed by atoms with Crippen LogP contribution in [0, 0.1) is 0 Å². The highest BCUT2D eigenvalue weighted by atomic mass is 16.3. The monoisotopic (exact) mass is 612 g/mol. The molecule has 0 aliphatic heterocycles. The molecule has 0 saturated heterocycles. The van der Waals surface area contributed by atoms with Crippen LogP contribution in [-0.2, 0) is 0 Å². The predicted molar refractivity (Wildman–Crippen MR) is 199 cm³/mol. The summed E-state index contributed by atoms with van der Waals surface area (Å²) < 4.78 is 6.51. The topological polar surface area (TPSA) is 29.3 Å². The van der Waals surface area contributed by atoms with E-state index in [1.807, 2.05) is 36.7 Å². The molecule has 0 radical (unpaired) electrons. The lowest BCUT2D eigenvalue weighted by atomic mass is 9.96. The Morgan fingerprint density at radius 1 is 0.438 bits per heavy atom. The molecule has 1 aliphatic rings. The fourth-order valence-electron chi connectivity index (χ4n) is 7.43. The average Bonchev–Trinajstić information content (AvgIpc) is 3.70. The summed E-state index contributed by atoms with van der Waals surface area (Å²) >= 11 is 0. The molecule has 2 aromatic heterocycles. The second-order valence-electron chi connectivity index (χ2n) is 12.4. The third kappa shape index (κ3) is 4.11. The minimum absolute atomic E-state index is 0.814. The minimum Gasteiger partial charge on any atom is -0.454 e. The van der Waals surface area contributed by atoms with Gasteiger partial charge in [-0.25, -0.2) is 0 Å². The molecule has 10 rings (SSSR count). The Bertz CT molecular complexity index is 2650. The van der Waals surface area contributed by atoms with E-state index in [4.69, 9.17) is 9.40 Å². The molecule has 1 aliphatic carbocycles. The number of aromatic nitrogens is 1. The third-order valence-corrected chi connectivity index (χ3v) is 9.68. The van der Waals surface area contributed by atoms with Crippen molar-refractivity contribution in [2.24, 2.45) is 0 Å². The van der Waals surface area contributed by atoms with Crippen LogP contribution in [0.2, 0.25) is 0 Å². The molecule has 224 valence electrons. The smallest absolute Gasteiger partial charge is 0.162 e. The summed E-state index contributed by atoms with van der Waals surface area (Å²) in [5.41, 5.74) is 14.6. The lowest BCUT2D eigenvalue weighted by molar-refractivity contribution is 0.668. The molecule has 7 aromatic carbocycles. The van der Waals surface area contributed by atoms with E-state index in [1.54, 1.807) is 0 Å². The average molecular weight is 613 g/mol. The first-order valence-corrected chi connectivity index (χ1v) is 16.3. The van der Waals surface area contributed by atoms with Gasteiger partial charge in [-0.15, -0.1) is 0 Å². The van der Waals surface area contributed by atoms with E-state index in [9.17, 15) is 0 Å². The Morgan fingerprint density at radius 3 is 1.83 bits per heavy atom. The highest BCUT2D eigenvalue weighted by Gasteiger charge is 2.23. The highest BCUT2D eigenvalue weighted by molar-refractivity contribution is 6.16. The van der Waals surface area contributed by atoms with Gasteiger partial charge in [0.05, 0.1) is 6.20 Å². The van der Waals surface area contributed by atoms with E-state index in [0.717, 1.165) is 39.0 Å². The van der Waals surface area contributed by atoms with Gasteiger partial charge in [0, 0.05) is 28.3 Å². The van der Waals surface area contributed by atoms with Gasteiger partial charge in [0.2, 0.25) is 0 Å². The molecule has 0 amide bonds. The predicted octanol–water partition coefficient (Wildman–Crippen LogP) is 12.6. The first-order chi connectivity index (χ1) is 23.8. The van der Waals surface area contributed by atoms with Crippen molar-refractivity contribution in [3.8, 4) is 44.5 Å². The molecule has 3 nitrogen and oxygen atoms in total. The summed E-state index contributed by atoms with van der Waals surface area (Å²) in [6.45, 7) is 0. The third-order valence-electron chi connectivity index (χ3n) is 9.68. The largest absolute Gasteiger partial charge is 0.454 e. The van der Waals surface area contributed by atoms with Crippen molar-refractivity contribution in [1.29, 1.82) is 0 Å². The summed E-state index contributed by atoms with van der Waals surface area (Å²) in [7, 11) is 0. The molecule has 0 bridgehead atoms. The fourth-order valence-corrected chi connectivity index (χ4v) is 7.43. The van der Waals surface area contributed by atoms with Gasteiger partial charge in [0.15, 0.2) is 5.58 Å². The lowest BCUT2D eigenvalue weighted by Gasteiger charge is -2.25. The Labute approximate surface area is 278 Å². The number of rotatable bonds is 5. The van der Waals surface area contributed by atoms with Crippen LogP contribution in [0.1, 0.15) is 0 Å². The SMILES string of the molecule is c1ccc(-c2ccc(N(c3ccc(-c4cc5c6c(cccc6c4)-c4ccccc4-5)cc3)c3cncc4c3oc3ccccc34)cc2)cc1. The van der Waals surface area contributed by atoms with Gasteiger partial charge >= 0.3 is 0 Å². The van der Waals surface area contributed by atoms with Crippen molar-refractivity contribution in [3.05, 3.63) is 170 Å². The van der Waals surface area contributed by atoms with Gasteiger partial charge in [-0.05, 0) is 97.7 Å². The number of hydrogen-bond donors (Lipinski definition) is 0. The lowest BCUT2D eigenvalue weighted by Crippen LogP contribution is -2.10. The van der Waals surface area contributed by atoms with Crippen LogP contribution in [0.3, 0.4) is 0 Å². The number of pyridine rings is 1. The van der Waals surface area contributed by atoms with Gasteiger partial charge in [-0.2, -0.15) is 0 Å². The maximum absolute atomic E-state index is 6.51. The first kappa shape index (κ1) is 26.7. The molecule has 3 heteroatoms. The molecule has 0 saturated carbocycles. The van der Waals surface area contributed by atoms with Crippen LogP contribution in [0.4, 0.5) is 17.1 Å². The molecule has 0 N–H and O–H groups in total. The molecule has 9 aromatic rings. The summed E-state index contributed by atoms with van der Waals surface area (Å²) in [4.78, 5) is 6.96. The van der Waals surface area contributed by atoms with E-state index in [0.29, 0.717) is 0 Å². The van der Waals surface area contributed by atoms with Crippen molar-refractivity contribution in [3.63, 3.8) is 0 Å². The summed E-state index contributed by atoms with van der Waals surface area (Å²) in [5, 5.41) is 4.67. The second-order valence-corrected chi connectivity index (χ2v) is 12.4. The van der Waals surface area contributed by atoms with E-state index >= 15 is 0 Å². The Kier molecular flexibility index (Phi) is 5.87. The number of nitrogens with zero attached hydrogens (tertiary/aromatic N) is 2. The molecule has 0 spiro atoms. The van der Waals surface area contributed by atoms with Gasteiger partial charge in [0.1, 0.15) is 11.3 Å². The number of fused-ring (bicyclic) bond motifs is 6. The number of benzene rings is 7. The Morgan fingerprint density at radius 2 is 1.06 bits per heavy atom. The van der Waals surface area contributed by atoms with E-state index in [-0.39, 0.29) is 0 Å². The molecule has 0 unspecified atom stereocenters. The molecule has 2 heterocycles. The number of para-hydroxylation sites is 1. The van der Waals surface area contributed by atoms with Crippen molar-refractivity contribution < 1.29 is 4.42 Å². The first-order valence-electron chi connectivity index (χ1n) is 16.3. The molecule has 0 fully saturated rings. The van der Waals surface area contributed by atoms with E-state index in [2.05, 4.69) is 138 Å². The fraction of sp³-hybridized carbons (Fsp3) is 0. The van der Waals surface area contributed by atoms with Crippen molar-refractivity contribution in [2.45, 2.75) is 0 Å². The Balaban J connectivity index is 1.11. The van der Waals surface area contributed by atoms with Crippen molar-refractivity contribution in [1.82, 2.24) is 4.98 Å². The van der Waals surface area contributed by atoms with Crippen LogP contribution >= 0.6 is 0 Å². The molecule has 0 atom stereocenters.